The van der Waals surface area contributed by atoms with Crippen LogP contribution in [0.25, 0.3) is 11.1 Å². The van der Waals surface area contributed by atoms with Gasteiger partial charge in [-0.1, -0.05) is 18.2 Å². The molecule has 4 atom stereocenters. The molecule has 1 aliphatic heterocycles. The van der Waals surface area contributed by atoms with Crippen molar-refractivity contribution in [3.05, 3.63) is 59.4 Å². The maximum atomic E-state index is 15.6. The molecular formula is C25H25F3N2O4S. The highest BCUT2D eigenvalue weighted by atomic mass is 32.2. The van der Waals surface area contributed by atoms with Gasteiger partial charge in [0.25, 0.3) is 5.91 Å². The van der Waals surface area contributed by atoms with E-state index in [-0.39, 0.29) is 35.1 Å². The lowest BCUT2D eigenvalue weighted by Gasteiger charge is -2.34. The van der Waals surface area contributed by atoms with Crippen LogP contribution in [0.4, 0.5) is 13.2 Å². The summed E-state index contributed by atoms with van der Waals surface area (Å²) in [6.45, 7) is 0. The van der Waals surface area contributed by atoms with Crippen molar-refractivity contribution in [3.8, 4) is 11.1 Å². The first-order valence-corrected chi connectivity index (χ1v) is 13.4. The molecule has 10 heteroatoms. The Kier molecular flexibility index (Phi) is 5.11. The molecule has 3 saturated carbocycles. The molecule has 35 heavy (non-hydrogen) atoms. The van der Waals surface area contributed by atoms with Gasteiger partial charge in [0, 0.05) is 23.7 Å². The molecule has 0 unspecified atom stereocenters. The summed E-state index contributed by atoms with van der Waals surface area (Å²) in [6, 6.07) is 5.83. The smallest absolute Gasteiger partial charge is 0.255 e. The van der Waals surface area contributed by atoms with Crippen LogP contribution in [0.3, 0.4) is 0 Å². The second kappa shape index (κ2) is 7.78. The molecule has 0 bridgehead atoms. The number of amides is 1. The molecule has 1 saturated heterocycles. The van der Waals surface area contributed by atoms with Gasteiger partial charge in [0.2, 0.25) is 10.0 Å². The van der Waals surface area contributed by atoms with Crippen LogP contribution in [0.5, 0.6) is 0 Å². The van der Waals surface area contributed by atoms with E-state index in [1.807, 2.05) is 0 Å². The quantitative estimate of drug-likeness (QED) is 0.605. The third kappa shape index (κ3) is 4.05. The molecule has 1 heterocycles. The molecule has 3 aliphatic carbocycles. The van der Waals surface area contributed by atoms with Gasteiger partial charge in [0.1, 0.15) is 23.1 Å². The zero-order chi connectivity index (χ0) is 24.7. The van der Waals surface area contributed by atoms with Gasteiger partial charge >= 0.3 is 0 Å². The summed E-state index contributed by atoms with van der Waals surface area (Å²) in [5.74, 6) is -2.87. The van der Waals surface area contributed by atoms with E-state index >= 15 is 4.39 Å². The average Bonchev–Trinajstić information content (AvgIpc) is 3.65. The minimum Gasteiger partial charge on any atom is -0.380 e. The van der Waals surface area contributed by atoms with E-state index in [0.717, 1.165) is 12.1 Å². The second-order valence-electron chi connectivity index (χ2n) is 10.3. The zero-order valence-corrected chi connectivity index (χ0v) is 19.6. The van der Waals surface area contributed by atoms with Gasteiger partial charge in [-0.3, -0.25) is 4.79 Å². The number of benzene rings is 2. The van der Waals surface area contributed by atoms with Crippen molar-refractivity contribution in [2.24, 2.45) is 5.92 Å². The van der Waals surface area contributed by atoms with E-state index < -0.39 is 56.3 Å². The highest BCUT2D eigenvalue weighted by Gasteiger charge is 2.65. The summed E-state index contributed by atoms with van der Waals surface area (Å²) in [4.78, 5) is 14.8. The van der Waals surface area contributed by atoms with Crippen LogP contribution in [0.15, 0.2) is 36.4 Å². The number of carbonyl (C=O) groups excluding carboxylic acids is 1. The fraction of sp³-hybridized carbons (Fsp3) is 0.480. The van der Waals surface area contributed by atoms with Crippen molar-refractivity contribution in [2.75, 3.05) is 0 Å². The zero-order valence-electron chi connectivity index (χ0n) is 18.8. The van der Waals surface area contributed by atoms with Gasteiger partial charge < -0.3 is 10.0 Å². The molecule has 0 aromatic heterocycles. The maximum Gasteiger partial charge on any atom is 0.255 e. The van der Waals surface area contributed by atoms with Crippen LogP contribution in [-0.4, -0.2) is 53.3 Å². The number of nitrogens with one attached hydrogen (secondary N) is 1. The second-order valence-corrected chi connectivity index (χ2v) is 12.3. The number of fused-ring (bicyclic) bond motifs is 1. The van der Waals surface area contributed by atoms with E-state index in [1.165, 1.54) is 12.1 Å². The fourth-order valence-corrected chi connectivity index (χ4v) is 7.10. The standard InChI is InChI=1S/C25H25F3N2O4S/c26-15-8-14(9-16(27)11-15)18-3-1-2-13(22(18)28)10-21-23(29-35(33,34)17-4-5-17)19-12-20(19)30(21)24(31)25(32)6-7-25/h1-3,8-9,11,17,19-21,23,29,32H,4-7,10,12H2/t19-,20+,21+,23+/m0/s1. The molecule has 1 amide bonds. The molecule has 2 aromatic rings. The van der Waals surface area contributed by atoms with Gasteiger partial charge in [-0.25, -0.2) is 26.3 Å². The first-order chi connectivity index (χ1) is 16.6. The van der Waals surface area contributed by atoms with Gasteiger partial charge in [0.05, 0.1) is 11.3 Å². The van der Waals surface area contributed by atoms with E-state index in [2.05, 4.69) is 4.72 Å². The fourth-order valence-electron chi connectivity index (χ4n) is 5.43. The van der Waals surface area contributed by atoms with Crippen molar-refractivity contribution in [2.45, 2.75) is 67.5 Å². The van der Waals surface area contributed by atoms with Crippen LogP contribution < -0.4 is 4.72 Å². The Hall–Kier alpha value is -2.43. The van der Waals surface area contributed by atoms with Crippen LogP contribution in [0.1, 0.15) is 37.7 Å². The lowest BCUT2D eigenvalue weighted by atomic mass is 9.94. The van der Waals surface area contributed by atoms with Crippen molar-refractivity contribution >= 4 is 15.9 Å². The molecule has 0 spiro atoms. The minimum atomic E-state index is -3.57. The van der Waals surface area contributed by atoms with Crippen molar-refractivity contribution in [3.63, 3.8) is 0 Å². The Morgan fingerprint density at radius 2 is 1.80 bits per heavy atom. The number of piperidine rings is 1. The first-order valence-electron chi connectivity index (χ1n) is 11.9. The van der Waals surface area contributed by atoms with E-state index in [4.69, 9.17) is 0 Å². The van der Waals surface area contributed by atoms with Gasteiger partial charge in [-0.15, -0.1) is 0 Å². The Morgan fingerprint density at radius 1 is 1.11 bits per heavy atom. The SMILES string of the molecule is O=C(N1[C@@H]2C[C@@H]2[C@@H](NS(=O)(=O)C2CC2)[C@H]1Cc1cccc(-c2cc(F)cc(F)c2)c1F)C1(O)CC1. The Bertz CT molecular complexity index is 1310. The Morgan fingerprint density at radius 3 is 2.43 bits per heavy atom. The normalized spacial score (nSPS) is 28.6. The largest absolute Gasteiger partial charge is 0.380 e. The monoisotopic (exact) mass is 506 g/mol. The summed E-state index contributed by atoms with van der Waals surface area (Å²) in [7, 11) is -3.57. The van der Waals surface area contributed by atoms with Crippen LogP contribution in [0.2, 0.25) is 0 Å². The number of aliphatic hydroxyl groups is 1. The Balaban J connectivity index is 1.35. The van der Waals surface area contributed by atoms with E-state index in [9.17, 15) is 27.1 Å². The van der Waals surface area contributed by atoms with Crippen LogP contribution in [-0.2, 0) is 21.2 Å². The predicted octanol–water partition coefficient (Wildman–Crippen LogP) is 2.89. The number of rotatable bonds is 7. The number of nitrogens with zero attached hydrogens (tertiary/aromatic N) is 1. The lowest BCUT2D eigenvalue weighted by molar-refractivity contribution is -0.144. The molecule has 4 fully saturated rings. The summed E-state index contributed by atoms with van der Waals surface area (Å²) >= 11 is 0. The molecule has 6 nitrogen and oxygen atoms in total. The number of hydrogen-bond donors (Lipinski definition) is 2. The van der Waals surface area contributed by atoms with Gasteiger partial charge in [-0.05, 0) is 67.7 Å². The number of sulfonamides is 1. The summed E-state index contributed by atoms with van der Waals surface area (Å²) in [5, 5.41) is 10.1. The molecule has 0 radical (unpaired) electrons. The lowest BCUT2D eigenvalue weighted by Crippen LogP contribution is -2.54. The highest BCUT2D eigenvalue weighted by molar-refractivity contribution is 7.90. The predicted molar refractivity (Wildman–Crippen MR) is 121 cm³/mol. The first kappa shape index (κ1) is 23.0. The number of likely N-dealkylation sites (tertiary alicyclic amines) is 1. The molecule has 2 N–H and O–H groups in total. The summed E-state index contributed by atoms with van der Waals surface area (Å²) in [6.07, 6.45) is 2.50. The molecular weight excluding hydrogens is 481 g/mol. The number of hydrogen-bond acceptors (Lipinski definition) is 4. The molecule has 186 valence electrons. The third-order valence-electron chi connectivity index (χ3n) is 7.70. The molecule has 2 aromatic carbocycles. The van der Waals surface area contributed by atoms with Gasteiger partial charge in [0.15, 0.2) is 0 Å². The van der Waals surface area contributed by atoms with E-state index in [0.29, 0.717) is 38.2 Å². The third-order valence-corrected chi connectivity index (χ3v) is 9.65. The van der Waals surface area contributed by atoms with Gasteiger partial charge in [-0.2, -0.15) is 0 Å². The van der Waals surface area contributed by atoms with E-state index in [1.54, 1.807) is 11.0 Å². The van der Waals surface area contributed by atoms with Crippen molar-refractivity contribution in [1.82, 2.24) is 9.62 Å². The number of halogens is 3. The maximum absolute atomic E-state index is 15.6. The van der Waals surface area contributed by atoms with Crippen LogP contribution in [0, 0.1) is 23.4 Å². The highest BCUT2D eigenvalue weighted by Crippen LogP contribution is 2.52. The minimum absolute atomic E-state index is 0.00411. The number of carbonyl (C=O) groups is 1. The summed E-state index contributed by atoms with van der Waals surface area (Å²) in [5.41, 5.74) is -1.18. The van der Waals surface area contributed by atoms with Crippen LogP contribution >= 0.6 is 0 Å². The Labute approximate surface area is 201 Å². The average molecular weight is 507 g/mol. The van der Waals surface area contributed by atoms with Crippen molar-refractivity contribution in [1.29, 1.82) is 0 Å². The van der Waals surface area contributed by atoms with Crippen molar-refractivity contribution < 1.29 is 31.5 Å². The topological polar surface area (TPSA) is 86.7 Å². The summed E-state index contributed by atoms with van der Waals surface area (Å²) < 4.78 is 71.5. The molecule has 6 rings (SSSR count). The molecule has 4 aliphatic rings.